The van der Waals surface area contributed by atoms with Gasteiger partial charge in [-0.05, 0) is 43.3 Å². The number of sulfonamides is 1. The maximum atomic E-state index is 12.7. The zero-order valence-electron chi connectivity index (χ0n) is 15.4. The first-order valence-corrected chi connectivity index (χ1v) is 10.2. The summed E-state index contributed by atoms with van der Waals surface area (Å²) in [6.07, 6.45) is 4.67. The minimum atomic E-state index is -3.82. The molecule has 0 aliphatic rings. The van der Waals surface area contributed by atoms with Gasteiger partial charge in [-0.2, -0.15) is 0 Å². The fraction of sp³-hybridized carbons (Fsp3) is 0.0500. The number of benzene rings is 2. The maximum absolute atomic E-state index is 12.7. The molecule has 2 heterocycles. The number of nitrogens with zero attached hydrogens (tertiary/aromatic N) is 4. The lowest BCUT2D eigenvalue weighted by atomic mass is 10.3. The van der Waals surface area contributed by atoms with Gasteiger partial charge in [0.2, 0.25) is 0 Å². The molecule has 2 aromatic heterocycles. The van der Waals surface area contributed by atoms with Crippen LogP contribution in [0, 0.1) is 6.92 Å². The largest absolute Gasteiger partial charge is 0.457 e. The molecular formula is C20H17N5O3S. The molecule has 4 aromatic rings. The number of ether oxygens (including phenoxy) is 1. The Hall–Kier alpha value is -3.72. The summed E-state index contributed by atoms with van der Waals surface area (Å²) in [7, 11) is -3.82. The lowest BCUT2D eigenvalue weighted by molar-refractivity contribution is 0.482. The van der Waals surface area contributed by atoms with Gasteiger partial charge in [0.05, 0.1) is 4.90 Å². The predicted molar refractivity (Wildman–Crippen MR) is 108 cm³/mol. The number of rotatable bonds is 6. The number of hydrogen-bond acceptors (Lipinski definition) is 6. The number of aryl methyl sites for hydroxylation is 1. The second-order valence-electron chi connectivity index (χ2n) is 6.10. The first-order valence-electron chi connectivity index (χ1n) is 8.69. The summed E-state index contributed by atoms with van der Waals surface area (Å²) in [5, 5.41) is 0. The Kier molecular flexibility index (Phi) is 4.96. The van der Waals surface area contributed by atoms with Crippen LogP contribution in [-0.4, -0.2) is 27.9 Å². The van der Waals surface area contributed by atoms with Crippen molar-refractivity contribution in [3.05, 3.63) is 85.2 Å². The highest BCUT2D eigenvalue weighted by molar-refractivity contribution is 7.92. The third-order valence-corrected chi connectivity index (χ3v) is 5.45. The summed E-state index contributed by atoms with van der Waals surface area (Å²) in [6.45, 7) is 1.82. The highest BCUT2D eigenvalue weighted by Gasteiger charge is 2.16. The summed E-state index contributed by atoms with van der Waals surface area (Å²) < 4.78 is 35.3. The second-order valence-corrected chi connectivity index (χ2v) is 7.78. The molecule has 0 aliphatic carbocycles. The van der Waals surface area contributed by atoms with Gasteiger partial charge in [-0.1, -0.05) is 18.2 Å². The SMILES string of the molecule is Cc1nccn1-c1cc(NS(=O)(=O)c2ccc(Oc3ccccc3)cc2)ncn1. The summed E-state index contributed by atoms with van der Waals surface area (Å²) in [6, 6.07) is 16.9. The fourth-order valence-corrected chi connectivity index (χ4v) is 3.66. The lowest BCUT2D eigenvalue weighted by Gasteiger charge is -2.10. The first-order chi connectivity index (χ1) is 14.0. The van der Waals surface area contributed by atoms with Crippen molar-refractivity contribution in [2.24, 2.45) is 0 Å². The molecule has 0 atom stereocenters. The topological polar surface area (TPSA) is 99.0 Å². The zero-order valence-corrected chi connectivity index (χ0v) is 16.2. The van der Waals surface area contributed by atoms with Crippen LogP contribution in [0.25, 0.3) is 5.82 Å². The minimum Gasteiger partial charge on any atom is -0.457 e. The molecule has 8 nitrogen and oxygen atoms in total. The Morgan fingerprint density at radius 3 is 2.34 bits per heavy atom. The zero-order chi connectivity index (χ0) is 20.3. The number of anilines is 1. The second kappa shape index (κ2) is 7.72. The van der Waals surface area contributed by atoms with Crippen molar-refractivity contribution in [2.45, 2.75) is 11.8 Å². The average molecular weight is 407 g/mol. The first kappa shape index (κ1) is 18.6. The monoisotopic (exact) mass is 407 g/mol. The molecule has 9 heteroatoms. The Labute approximate surface area is 167 Å². The molecule has 0 saturated heterocycles. The van der Waals surface area contributed by atoms with E-state index < -0.39 is 10.0 Å². The van der Waals surface area contributed by atoms with Gasteiger partial charge < -0.3 is 4.74 Å². The van der Waals surface area contributed by atoms with E-state index in [1.807, 2.05) is 37.3 Å². The van der Waals surface area contributed by atoms with Crippen molar-refractivity contribution in [3.8, 4) is 17.3 Å². The summed E-state index contributed by atoms with van der Waals surface area (Å²) in [5.74, 6) is 2.61. The van der Waals surface area contributed by atoms with Crippen LogP contribution in [0.1, 0.15) is 5.82 Å². The van der Waals surface area contributed by atoms with E-state index in [2.05, 4.69) is 19.7 Å². The molecule has 146 valence electrons. The quantitative estimate of drug-likeness (QED) is 0.525. The van der Waals surface area contributed by atoms with Crippen molar-refractivity contribution in [3.63, 3.8) is 0 Å². The van der Waals surface area contributed by atoms with Crippen molar-refractivity contribution in [1.29, 1.82) is 0 Å². The van der Waals surface area contributed by atoms with E-state index in [1.54, 1.807) is 35.2 Å². The lowest BCUT2D eigenvalue weighted by Crippen LogP contribution is -2.14. The van der Waals surface area contributed by atoms with Gasteiger partial charge in [-0.15, -0.1) is 0 Å². The highest BCUT2D eigenvalue weighted by Crippen LogP contribution is 2.23. The molecule has 0 radical (unpaired) electrons. The van der Waals surface area contributed by atoms with E-state index in [0.717, 1.165) is 5.82 Å². The molecule has 0 aliphatic heterocycles. The predicted octanol–water partition coefficient (Wildman–Crippen LogP) is 3.56. The van der Waals surface area contributed by atoms with Crippen molar-refractivity contribution in [1.82, 2.24) is 19.5 Å². The Morgan fingerprint density at radius 1 is 0.931 bits per heavy atom. The van der Waals surface area contributed by atoms with Crippen LogP contribution in [0.4, 0.5) is 5.82 Å². The molecule has 1 N–H and O–H groups in total. The number of aromatic nitrogens is 4. The fourth-order valence-electron chi connectivity index (χ4n) is 2.66. The van der Waals surface area contributed by atoms with E-state index in [9.17, 15) is 8.42 Å². The van der Waals surface area contributed by atoms with Crippen molar-refractivity contribution < 1.29 is 13.2 Å². The van der Waals surface area contributed by atoms with Crippen molar-refractivity contribution >= 4 is 15.8 Å². The van der Waals surface area contributed by atoms with E-state index in [4.69, 9.17) is 4.74 Å². The van der Waals surface area contributed by atoms with Gasteiger partial charge in [-0.25, -0.2) is 23.4 Å². The number of nitrogens with one attached hydrogen (secondary N) is 1. The average Bonchev–Trinajstić information content (AvgIpc) is 3.15. The van der Waals surface area contributed by atoms with Gasteiger partial charge in [0, 0.05) is 18.5 Å². The molecular weight excluding hydrogens is 390 g/mol. The standard InChI is InChI=1S/C20H17N5O3S/c1-15-21-11-12-25(15)20-13-19(22-14-23-20)24-29(26,27)18-9-7-17(8-10-18)28-16-5-3-2-4-6-16/h2-14H,1H3,(H,22,23,24). The van der Waals surface area contributed by atoms with E-state index >= 15 is 0 Å². The third kappa shape index (κ3) is 4.25. The summed E-state index contributed by atoms with van der Waals surface area (Å²) in [5.41, 5.74) is 0. The summed E-state index contributed by atoms with van der Waals surface area (Å²) >= 11 is 0. The van der Waals surface area contributed by atoms with Crippen LogP contribution in [0.2, 0.25) is 0 Å². The van der Waals surface area contributed by atoms with E-state index in [1.165, 1.54) is 18.5 Å². The van der Waals surface area contributed by atoms with Crippen LogP contribution >= 0.6 is 0 Å². The van der Waals surface area contributed by atoms with E-state index in [0.29, 0.717) is 17.3 Å². The Balaban J connectivity index is 1.52. The number of para-hydroxylation sites is 1. The molecule has 29 heavy (non-hydrogen) atoms. The van der Waals surface area contributed by atoms with Crippen LogP contribution in [-0.2, 0) is 10.0 Å². The minimum absolute atomic E-state index is 0.0943. The molecule has 0 fully saturated rings. The summed E-state index contributed by atoms with van der Waals surface area (Å²) in [4.78, 5) is 12.4. The van der Waals surface area contributed by atoms with Gasteiger partial charge in [0.25, 0.3) is 10.0 Å². The van der Waals surface area contributed by atoms with E-state index in [-0.39, 0.29) is 10.7 Å². The van der Waals surface area contributed by atoms with Gasteiger partial charge in [0.15, 0.2) is 0 Å². The van der Waals surface area contributed by atoms with Gasteiger partial charge in [-0.3, -0.25) is 9.29 Å². The molecule has 0 spiro atoms. The molecule has 0 amide bonds. The Bertz CT molecular complexity index is 1220. The smallest absolute Gasteiger partial charge is 0.263 e. The van der Waals surface area contributed by atoms with Crippen molar-refractivity contribution in [2.75, 3.05) is 4.72 Å². The van der Waals surface area contributed by atoms with Crippen LogP contribution in [0.5, 0.6) is 11.5 Å². The molecule has 2 aromatic carbocycles. The highest BCUT2D eigenvalue weighted by atomic mass is 32.2. The van der Waals surface area contributed by atoms with Crippen LogP contribution < -0.4 is 9.46 Å². The Morgan fingerprint density at radius 2 is 1.66 bits per heavy atom. The van der Waals surface area contributed by atoms with Crippen LogP contribution in [0.3, 0.4) is 0 Å². The molecule has 0 unspecified atom stereocenters. The molecule has 0 saturated carbocycles. The molecule has 0 bridgehead atoms. The third-order valence-electron chi connectivity index (χ3n) is 4.08. The molecule has 4 rings (SSSR count). The number of imidazole rings is 1. The van der Waals surface area contributed by atoms with Gasteiger partial charge in [0.1, 0.15) is 35.3 Å². The maximum Gasteiger partial charge on any atom is 0.263 e. The van der Waals surface area contributed by atoms with Crippen LogP contribution in [0.15, 0.2) is 84.3 Å². The number of hydrogen-bond donors (Lipinski definition) is 1. The van der Waals surface area contributed by atoms with Gasteiger partial charge >= 0.3 is 0 Å². The normalized spacial score (nSPS) is 11.2.